The van der Waals surface area contributed by atoms with E-state index in [0.29, 0.717) is 5.92 Å². The number of aliphatic hydroxyl groups is 1. The van der Waals surface area contributed by atoms with Gasteiger partial charge in [-0.05, 0) is 81.3 Å². The molecule has 0 radical (unpaired) electrons. The van der Waals surface area contributed by atoms with Gasteiger partial charge in [-0.25, -0.2) is 4.98 Å². The second kappa shape index (κ2) is 8.55. The van der Waals surface area contributed by atoms with Gasteiger partial charge in [0.1, 0.15) is 5.82 Å². The Labute approximate surface area is 183 Å². The zero-order valence-corrected chi connectivity index (χ0v) is 19.1. The molecule has 3 heterocycles. The third-order valence-electron chi connectivity index (χ3n) is 5.95. The summed E-state index contributed by atoms with van der Waals surface area (Å²) in [6.45, 7) is 10.6. The first-order valence-electron chi connectivity index (χ1n) is 10.0. The van der Waals surface area contributed by atoms with Crippen molar-refractivity contribution in [1.29, 1.82) is 0 Å². The van der Waals surface area contributed by atoms with Gasteiger partial charge < -0.3 is 14.6 Å². The fraction of sp³-hybridized carbons (Fsp3) is 0.435. The first kappa shape index (κ1) is 21.9. The predicted molar refractivity (Wildman–Crippen MR) is 124 cm³/mol. The highest BCUT2D eigenvalue weighted by molar-refractivity contribution is 6.30. The second-order valence-electron chi connectivity index (χ2n) is 8.16. The molecule has 1 aromatic carbocycles. The van der Waals surface area contributed by atoms with E-state index in [2.05, 4.69) is 49.4 Å². The monoisotopic (exact) mass is 433 g/mol. The lowest BCUT2D eigenvalue weighted by Gasteiger charge is -2.32. The molecule has 4 rings (SSSR count). The molecule has 4 nitrogen and oxygen atoms in total. The van der Waals surface area contributed by atoms with E-state index in [4.69, 9.17) is 16.6 Å². The average molecular weight is 434 g/mol. The van der Waals surface area contributed by atoms with Crippen molar-refractivity contribution in [2.24, 2.45) is 5.92 Å². The van der Waals surface area contributed by atoms with Crippen LogP contribution in [0.5, 0.6) is 0 Å². The Kier molecular flexibility index (Phi) is 6.47. The highest BCUT2D eigenvalue weighted by Gasteiger charge is 2.24. The molecule has 0 bridgehead atoms. The van der Waals surface area contributed by atoms with Crippen LogP contribution in [0.15, 0.2) is 24.4 Å². The first-order chi connectivity index (χ1) is 13.4. The van der Waals surface area contributed by atoms with Crippen molar-refractivity contribution >= 4 is 40.7 Å². The highest BCUT2D eigenvalue weighted by atomic mass is 35.5. The zero-order chi connectivity index (χ0) is 20.0. The molecule has 29 heavy (non-hydrogen) atoms. The molecular weight excluding hydrogens is 405 g/mol. The normalized spacial score (nSPS) is 15.0. The van der Waals surface area contributed by atoms with E-state index in [9.17, 15) is 5.11 Å². The van der Waals surface area contributed by atoms with Gasteiger partial charge in [-0.15, -0.1) is 12.4 Å². The molecule has 0 amide bonds. The van der Waals surface area contributed by atoms with Gasteiger partial charge in [-0.1, -0.05) is 11.6 Å². The van der Waals surface area contributed by atoms with Crippen molar-refractivity contribution < 1.29 is 5.11 Å². The van der Waals surface area contributed by atoms with Crippen molar-refractivity contribution in [3.63, 3.8) is 0 Å². The van der Waals surface area contributed by atoms with Gasteiger partial charge >= 0.3 is 0 Å². The molecule has 1 aliphatic heterocycles. The molecule has 1 fully saturated rings. The summed E-state index contributed by atoms with van der Waals surface area (Å²) < 4.78 is 2.30. The Balaban J connectivity index is 0.00000240. The SMILES string of the molecule is Cc1cc2c(c(C)cn2-c2c(C)cc(Cl)cc2C)c(N2CCC(CO)CC2)n1.Cl. The Hall–Kier alpha value is -1.75. The number of anilines is 1. The molecule has 2 aromatic heterocycles. The number of fused-ring (bicyclic) bond motifs is 1. The summed E-state index contributed by atoms with van der Waals surface area (Å²) in [7, 11) is 0. The maximum atomic E-state index is 9.46. The smallest absolute Gasteiger partial charge is 0.138 e. The molecule has 0 aliphatic carbocycles. The number of hydrogen-bond donors (Lipinski definition) is 1. The van der Waals surface area contributed by atoms with E-state index in [1.165, 1.54) is 33.3 Å². The molecule has 6 heteroatoms. The van der Waals surface area contributed by atoms with Crippen LogP contribution in [0.1, 0.15) is 35.2 Å². The molecule has 0 spiro atoms. The molecule has 156 valence electrons. The number of piperidine rings is 1. The van der Waals surface area contributed by atoms with Gasteiger partial charge in [0, 0.05) is 42.0 Å². The van der Waals surface area contributed by atoms with Crippen LogP contribution in [0.25, 0.3) is 16.6 Å². The third-order valence-corrected chi connectivity index (χ3v) is 6.17. The fourth-order valence-electron chi connectivity index (χ4n) is 4.56. The van der Waals surface area contributed by atoms with Crippen LogP contribution in [0.4, 0.5) is 5.82 Å². The summed E-state index contributed by atoms with van der Waals surface area (Å²) in [6.07, 6.45) is 4.25. The van der Waals surface area contributed by atoms with Gasteiger partial charge in [0.2, 0.25) is 0 Å². The van der Waals surface area contributed by atoms with Crippen molar-refractivity contribution in [3.05, 3.63) is 51.8 Å². The Morgan fingerprint density at radius 1 is 1.03 bits per heavy atom. The van der Waals surface area contributed by atoms with E-state index in [1.54, 1.807) is 0 Å². The second-order valence-corrected chi connectivity index (χ2v) is 8.60. The van der Waals surface area contributed by atoms with E-state index in [0.717, 1.165) is 42.5 Å². The molecule has 0 saturated carbocycles. The number of rotatable bonds is 3. The van der Waals surface area contributed by atoms with E-state index < -0.39 is 0 Å². The number of halogens is 2. The molecule has 0 unspecified atom stereocenters. The Morgan fingerprint density at radius 2 is 1.66 bits per heavy atom. The standard InChI is InChI=1S/C23H28ClN3O.ClH/c1-14-9-19(24)10-15(2)22(14)27-12-16(3)21-20(27)11-17(4)25-23(21)26-7-5-18(13-28)6-8-26;/h9-12,18,28H,5-8,13H2,1-4H3;1H. The minimum absolute atomic E-state index is 0. The minimum Gasteiger partial charge on any atom is -0.396 e. The molecule has 0 atom stereocenters. The molecule has 3 aromatic rings. The number of aromatic nitrogens is 2. The summed E-state index contributed by atoms with van der Waals surface area (Å²) in [5, 5.41) is 11.5. The molecule has 1 saturated heterocycles. The van der Waals surface area contributed by atoms with Gasteiger partial charge in [0.15, 0.2) is 0 Å². The molecule has 1 aliphatic rings. The van der Waals surface area contributed by atoms with Gasteiger partial charge in [-0.3, -0.25) is 0 Å². The number of hydrogen-bond acceptors (Lipinski definition) is 3. The summed E-state index contributed by atoms with van der Waals surface area (Å²) in [5.41, 5.74) is 6.98. The van der Waals surface area contributed by atoms with E-state index in [1.807, 2.05) is 12.1 Å². The quantitative estimate of drug-likeness (QED) is 0.588. The average Bonchev–Trinajstić information content (AvgIpc) is 2.96. The zero-order valence-electron chi connectivity index (χ0n) is 17.5. The molecular formula is C23H29Cl2N3O. The maximum absolute atomic E-state index is 9.46. The van der Waals surface area contributed by atoms with Gasteiger partial charge in [0.25, 0.3) is 0 Å². The van der Waals surface area contributed by atoms with Crippen LogP contribution in [-0.4, -0.2) is 34.4 Å². The number of nitrogens with zero attached hydrogens (tertiary/aromatic N) is 3. The summed E-state index contributed by atoms with van der Waals surface area (Å²) >= 11 is 6.27. The van der Waals surface area contributed by atoms with Crippen LogP contribution in [-0.2, 0) is 0 Å². The van der Waals surface area contributed by atoms with Crippen molar-refractivity contribution in [3.8, 4) is 5.69 Å². The first-order valence-corrected chi connectivity index (χ1v) is 10.4. The topological polar surface area (TPSA) is 41.3 Å². The highest BCUT2D eigenvalue weighted by Crippen LogP contribution is 2.36. The number of aliphatic hydroxyl groups excluding tert-OH is 1. The predicted octanol–water partition coefficient (Wildman–Crippen LogP) is 5.54. The van der Waals surface area contributed by atoms with Crippen molar-refractivity contribution in [1.82, 2.24) is 9.55 Å². The number of pyridine rings is 1. The lowest BCUT2D eigenvalue weighted by atomic mass is 9.97. The van der Waals surface area contributed by atoms with Crippen LogP contribution in [0.3, 0.4) is 0 Å². The van der Waals surface area contributed by atoms with Gasteiger partial charge in [0.05, 0.1) is 11.2 Å². The van der Waals surface area contributed by atoms with Crippen LogP contribution in [0.2, 0.25) is 5.02 Å². The number of aryl methyl sites for hydroxylation is 4. The van der Waals surface area contributed by atoms with Gasteiger partial charge in [-0.2, -0.15) is 0 Å². The maximum Gasteiger partial charge on any atom is 0.138 e. The fourth-order valence-corrected chi connectivity index (χ4v) is 4.89. The van der Waals surface area contributed by atoms with Crippen molar-refractivity contribution in [2.75, 3.05) is 24.6 Å². The van der Waals surface area contributed by atoms with Crippen LogP contribution < -0.4 is 4.90 Å². The largest absolute Gasteiger partial charge is 0.396 e. The van der Waals surface area contributed by atoms with Crippen LogP contribution in [0, 0.1) is 33.6 Å². The lowest BCUT2D eigenvalue weighted by molar-refractivity contribution is 0.203. The minimum atomic E-state index is 0. The van der Waals surface area contributed by atoms with E-state index >= 15 is 0 Å². The Bertz CT molecular complexity index is 1010. The summed E-state index contributed by atoms with van der Waals surface area (Å²) in [4.78, 5) is 7.32. The third kappa shape index (κ3) is 3.98. The lowest BCUT2D eigenvalue weighted by Crippen LogP contribution is -2.35. The van der Waals surface area contributed by atoms with Crippen molar-refractivity contribution in [2.45, 2.75) is 40.5 Å². The summed E-state index contributed by atoms with van der Waals surface area (Å²) in [5.74, 6) is 1.49. The summed E-state index contributed by atoms with van der Waals surface area (Å²) in [6, 6.07) is 6.24. The number of benzene rings is 1. The van der Waals surface area contributed by atoms with E-state index in [-0.39, 0.29) is 19.0 Å². The van der Waals surface area contributed by atoms with Crippen LogP contribution >= 0.6 is 24.0 Å². The Morgan fingerprint density at radius 3 is 2.24 bits per heavy atom. The molecule has 1 N–H and O–H groups in total.